The monoisotopic (exact) mass is 362 g/mol. The average Bonchev–Trinajstić information content (AvgIpc) is 3.03. The van der Waals surface area contributed by atoms with Gasteiger partial charge in [0.2, 0.25) is 5.95 Å². The van der Waals surface area contributed by atoms with E-state index in [-0.39, 0.29) is 5.91 Å². The fourth-order valence-corrected chi connectivity index (χ4v) is 3.49. The van der Waals surface area contributed by atoms with Crippen molar-refractivity contribution in [2.75, 3.05) is 31.1 Å². The molecule has 2 aromatic heterocycles. The molecule has 1 aliphatic rings. The summed E-state index contributed by atoms with van der Waals surface area (Å²) < 4.78 is 1.84. The number of nitrogens with zero attached hydrogens (tertiary/aromatic N) is 6. The Labute approximate surface area is 158 Å². The first-order chi connectivity index (χ1) is 13.1. The van der Waals surface area contributed by atoms with Gasteiger partial charge in [-0.3, -0.25) is 4.79 Å². The zero-order valence-corrected chi connectivity index (χ0v) is 15.5. The summed E-state index contributed by atoms with van der Waals surface area (Å²) in [5.41, 5.74) is 3.29. The minimum Gasteiger partial charge on any atom is -0.337 e. The maximum atomic E-state index is 13.2. The maximum Gasteiger partial charge on any atom is 0.257 e. The van der Waals surface area contributed by atoms with E-state index in [2.05, 4.69) is 20.0 Å². The van der Waals surface area contributed by atoms with Crippen LogP contribution in [-0.2, 0) is 0 Å². The van der Waals surface area contributed by atoms with Crippen LogP contribution in [0.2, 0.25) is 0 Å². The molecule has 1 aromatic carbocycles. The van der Waals surface area contributed by atoms with Crippen molar-refractivity contribution in [2.45, 2.75) is 13.8 Å². The zero-order valence-electron chi connectivity index (χ0n) is 15.5. The molecule has 0 spiro atoms. The first-order valence-corrected chi connectivity index (χ1v) is 9.08. The molecular formula is C20H22N6O. The molecular weight excluding hydrogens is 340 g/mol. The van der Waals surface area contributed by atoms with E-state index in [9.17, 15) is 4.79 Å². The van der Waals surface area contributed by atoms with Crippen molar-refractivity contribution in [1.82, 2.24) is 24.6 Å². The molecule has 1 aliphatic heterocycles. The van der Waals surface area contributed by atoms with Crippen LogP contribution >= 0.6 is 0 Å². The first kappa shape index (κ1) is 17.2. The fourth-order valence-electron chi connectivity index (χ4n) is 3.49. The minimum absolute atomic E-state index is 0.0424. The summed E-state index contributed by atoms with van der Waals surface area (Å²) in [5, 5.41) is 4.60. The Bertz CT molecular complexity index is 930. The summed E-state index contributed by atoms with van der Waals surface area (Å²) in [6.45, 7) is 6.59. The van der Waals surface area contributed by atoms with E-state index in [1.807, 2.05) is 53.8 Å². The molecule has 0 bridgehead atoms. The Morgan fingerprint density at radius 3 is 2.26 bits per heavy atom. The lowest BCUT2D eigenvalue weighted by atomic mass is 10.1. The van der Waals surface area contributed by atoms with Crippen LogP contribution in [0.4, 0.5) is 5.95 Å². The number of para-hydroxylation sites is 1. The van der Waals surface area contributed by atoms with Crippen LogP contribution in [-0.4, -0.2) is 56.7 Å². The van der Waals surface area contributed by atoms with E-state index in [1.54, 1.807) is 18.5 Å². The summed E-state index contributed by atoms with van der Waals surface area (Å²) in [4.78, 5) is 25.7. The SMILES string of the molecule is Cc1nn(-c2ccccc2)c(C)c1C(=O)N1CCN(c2ncccn2)CC1. The second-order valence-electron chi connectivity index (χ2n) is 6.62. The smallest absolute Gasteiger partial charge is 0.257 e. The number of rotatable bonds is 3. The van der Waals surface area contributed by atoms with Crippen molar-refractivity contribution in [3.8, 4) is 5.69 Å². The normalized spacial score (nSPS) is 14.4. The molecule has 27 heavy (non-hydrogen) atoms. The van der Waals surface area contributed by atoms with Gasteiger partial charge < -0.3 is 9.80 Å². The molecule has 4 rings (SSSR count). The molecule has 1 fully saturated rings. The summed E-state index contributed by atoms with van der Waals surface area (Å²) >= 11 is 0. The summed E-state index contributed by atoms with van der Waals surface area (Å²) in [6, 6.07) is 11.7. The van der Waals surface area contributed by atoms with Crippen LogP contribution in [0.5, 0.6) is 0 Å². The number of piperazine rings is 1. The van der Waals surface area contributed by atoms with Gasteiger partial charge in [0, 0.05) is 38.6 Å². The van der Waals surface area contributed by atoms with E-state index >= 15 is 0 Å². The van der Waals surface area contributed by atoms with Crippen molar-refractivity contribution in [2.24, 2.45) is 0 Å². The lowest BCUT2D eigenvalue weighted by molar-refractivity contribution is 0.0744. The number of aryl methyl sites for hydroxylation is 1. The van der Waals surface area contributed by atoms with Crippen LogP contribution in [0.15, 0.2) is 48.8 Å². The highest BCUT2D eigenvalue weighted by Crippen LogP contribution is 2.21. The van der Waals surface area contributed by atoms with E-state index in [0.29, 0.717) is 24.6 Å². The number of carbonyl (C=O) groups is 1. The van der Waals surface area contributed by atoms with Crippen molar-refractivity contribution in [3.05, 3.63) is 65.7 Å². The third-order valence-electron chi connectivity index (χ3n) is 4.91. The topological polar surface area (TPSA) is 67.2 Å². The van der Waals surface area contributed by atoms with Gasteiger partial charge in [0.25, 0.3) is 5.91 Å². The largest absolute Gasteiger partial charge is 0.337 e. The molecule has 0 saturated carbocycles. The number of hydrogen-bond acceptors (Lipinski definition) is 5. The van der Waals surface area contributed by atoms with Gasteiger partial charge in [-0.15, -0.1) is 0 Å². The van der Waals surface area contributed by atoms with E-state index in [0.717, 1.165) is 30.2 Å². The maximum absolute atomic E-state index is 13.2. The number of carbonyl (C=O) groups excluding carboxylic acids is 1. The Kier molecular flexibility index (Phi) is 4.58. The highest BCUT2D eigenvalue weighted by molar-refractivity contribution is 5.96. The van der Waals surface area contributed by atoms with Gasteiger partial charge in [0.05, 0.1) is 22.6 Å². The molecule has 0 N–H and O–H groups in total. The Balaban J connectivity index is 1.52. The third-order valence-corrected chi connectivity index (χ3v) is 4.91. The molecule has 0 aliphatic carbocycles. The molecule has 1 amide bonds. The van der Waals surface area contributed by atoms with Crippen LogP contribution in [0.25, 0.3) is 5.69 Å². The fraction of sp³-hybridized carbons (Fsp3) is 0.300. The Morgan fingerprint density at radius 1 is 0.926 bits per heavy atom. The Morgan fingerprint density at radius 2 is 1.59 bits per heavy atom. The van der Waals surface area contributed by atoms with Gasteiger partial charge in [-0.1, -0.05) is 18.2 Å². The summed E-state index contributed by atoms with van der Waals surface area (Å²) in [7, 11) is 0. The van der Waals surface area contributed by atoms with Crippen LogP contribution in [0, 0.1) is 13.8 Å². The lowest BCUT2D eigenvalue weighted by Gasteiger charge is -2.34. The molecule has 138 valence electrons. The second-order valence-corrected chi connectivity index (χ2v) is 6.62. The van der Waals surface area contributed by atoms with Gasteiger partial charge >= 0.3 is 0 Å². The van der Waals surface area contributed by atoms with Crippen molar-refractivity contribution in [1.29, 1.82) is 0 Å². The molecule has 0 unspecified atom stereocenters. The van der Waals surface area contributed by atoms with Gasteiger partial charge in [-0.2, -0.15) is 5.10 Å². The molecule has 0 atom stereocenters. The van der Waals surface area contributed by atoms with E-state index < -0.39 is 0 Å². The molecule has 0 radical (unpaired) electrons. The van der Waals surface area contributed by atoms with Gasteiger partial charge in [0.1, 0.15) is 0 Å². The number of benzene rings is 1. The van der Waals surface area contributed by atoms with Crippen LogP contribution < -0.4 is 4.90 Å². The molecule has 1 saturated heterocycles. The van der Waals surface area contributed by atoms with E-state index in [1.165, 1.54) is 0 Å². The predicted molar refractivity (Wildman–Crippen MR) is 103 cm³/mol. The summed E-state index contributed by atoms with van der Waals surface area (Å²) in [5.74, 6) is 0.759. The Hall–Kier alpha value is -3.22. The molecule has 7 nitrogen and oxygen atoms in total. The van der Waals surface area contributed by atoms with Gasteiger partial charge in [-0.05, 0) is 32.0 Å². The van der Waals surface area contributed by atoms with Gasteiger partial charge in [-0.25, -0.2) is 14.6 Å². The number of hydrogen-bond donors (Lipinski definition) is 0. The molecule has 3 heterocycles. The predicted octanol–water partition coefficient (Wildman–Crippen LogP) is 2.24. The van der Waals surface area contributed by atoms with Crippen LogP contribution in [0.1, 0.15) is 21.7 Å². The zero-order chi connectivity index (χ0) is 18.8. The van der Waals surface area contributed by atoms with Crippen molar-refractivity contribution in [3.63, 3.8) is 0 Å². The van der Waals surface area contributed by atoms with Crippen molar-refractivity contribution < 1.29 is 4.79 Å². The standard InChI is InChI=1S/C20H22N6O/c1-15-18(16(2)26(23-15)17-7-4-3-5-8-17)19(27)24-11-13-25(14-12-24)20-21-9-6-10-22-20/h3-10H,11-14H2,1-2H3. The number of amides is 1. The van der Waals surface area contributed by atoms with E-state index in [4.69, 9.17) is 0 Å². The minimum atomic E-state index is 0.0424. The first-order valence-electron chi connectivity index (χ1n) is 9.08. The van der Waals surface area contributed by atoms with Crippen LogP contribution in [0.3, 0.4) is 0 Å². The molecule has 3 aromatic rings. The van der Waals surface area contributed by atoms with Crippen molar-refractivity contribution >= 4 is 11.9 Å². The number of anilines is 1. The second kappa shape index (κ2) is 7.19. The lowest BCUT2D eigenvalue weighted by Crippen LogP contribution is -2.49. The highest BCUT2D eigenvalue weighted by atomic mass is 16.2. The third kappa shape index (κ3) is 3.28. The quantitative estimate of drug-likeness (QED) is 0.715. The summed E-state index contributed by atoms with van der Waals surface area (Å²) in [6.07, 6.45) is 3.48. The highest BCUT2D eigenvalue weighted by Gasteiger charge is 2.27. The number of aromatic nitrogens is 4. The van der Waals surface area contributed by atoms with Gasteiger partial charge in [0.15, 0.2) is 0 Å². The molecule has 7 heteroatoms. The average molecular weight is 362 g/mol.